The first-order valence-corrected chi connectivity index (χ1v) is 13.5. The van der Waals surface area contributed by atoms with Gasteiger partial charge in [-0.1, -0.05) is 0 Å². The van der Waals surface area contributed by atoms with Crippen molar-refractivity contribution in [1.29, 1.82) is 0 Å². The number of hydrogen-bond donors (Lipinski definition) is 1. The largest absolute Gasteiger partial charge is 0.340 e. The fraction of sp³-hybridized carbons (Fsp3) is 0.462. The van der Waals surface area contributed by atoms with Gasteiger partial charge in [-0.25, -0.2) is 14.5 Å². The van der Waals surface area contributed by atoms with Crippen molar-refractivity contribution in [2.45, 2.75) is 19.3 Å². The van der Waals surface area contributed by atoms with Gasteiger partial charge in [0.1, 0.15) is 17.0 Å². The lowest BCUT2D eigenvalue weighted by atomic mass is 9.86. The van der Waals surface area contributed by atoms with Gasteiger partial charge in [-0.15, -0.1) is 11.3 Å². The highest BCUT2D eigenvalue weighted by atomic mass is 32.1. The van der Waals surface area contributed by atoms with E-state index >= 15 is 0 Å². The van der Waals surface area contributed by atoms with E-state index in [0.29, 0.717) is 5.91 Å². The molecule has 5 heterocycles. The topological polar surface area (TPSA) is 81.9 Å². The second kappa shape index (κ2) is 9.76. The molecule has 1 aliphatic heterocycles. The van der Waals surface area contributed by atoms with Crippen molar-refractivity contribution in [1.82, 2.24) is 34.3 Å². The number of anilines is 2. The van der Waals surface area contributed by atoms with E-state index in [9.17, 15) is 4.79 Å². The standard InChI is InChI=1S/C26H32N8OS/c1-31(2)9-10-32-11-13-33(14-12-32)26(35)18-3-4-21-22(15-18)36-25-23(21)24(27-17-28-25)30-19-6-8-34-20(16-19)5-7-29-34/h5-8,16-18H,3-4,9-15H2,1-2H3,(H,27,28,30)/t18-/m0/s1. The van der Waals surface area contributed by atoms with Crippen molar-refractivity contribution in [2.75, 3.05) is 58.7 Å². The Morgan fingerprint density at radius 2 is 2.06 bits per heavy atom. The average Bonchev–Trinajstić information content (AvgIpc) is 3.51. The van der Waals surface area contributed by atoms with E-state index in [4.69, 9.17) is 0 Å². The molecule has 188 valence electrons. The Labute approximate surface area is 214 Å². The number of rotatable bonds is 6. The van der Waals surface area contributed by atoms with Gasteiger partial charge in [-0.05, 0) is 57.1 Å². The van der Waals surface area contributed by atoms with Crippen LogP contribution in [0, 0.1) is 5.92 Å². The van der Waals surface area contributed by atoms with Crippen LogP contribution in [0.4, 0.5) is 11.5 Å². The SMILES string of the molecule is CN(C)CCN1CCN(C(=O)[C@H]2CCc3c(sc4ncnc(Nc5ccn6nccc6c5)c34)C2)CC1. The first kappa shape index (κ1) is 23.3. The van der Waals surface area contributed by atoms with Crippen molar-refractivity contribution in [3.8, 4) is 0 Å². The van der Waals surface area contributed by atoms with Gasteiger partial charge in [0.15, 0.2) is 0 Å². The number of nitrogens with one attached hydrogen (secondary N) is 1. The minimum atomic E-state index is 0.0625. The number of fused-ring (bicyclic) bond motifs is 4. The first-order chi connectivity index (χ1) is 17.5. The van der Waals surface area contributed by atoms with Crippen molar-refractivity contribution in [3.63, 3.8) is 0 Å². The summed E-state index contributed by atoms with van der Waals surface area (Å²) >= 11 is 1.72. The predicted octanol–water partition coefficient (Wildman–Crippen LogP) is 2.89. The summed E-state index contributed by atoms with van der Waals surface area (Å²) in [5, 5.41) is 8.88. The minimum absolute atomic E-state index is 0.0625. The number of piperazine rings is 1. The van der Waals surface area contributed by atoms with Crippen LogP contribution in [0.15, 0.2) is 36.9 Å². The second-order valence-corrected chi connectivity index (χ2v) is 11.1. The molecular formula is C26H32N8OS. The van der Waals surface area contributed by atoms with Gasteiger partial charge in [0.05, 0.1) is 10.9 Å². The third-order valence-electron chi connectivity index (χ3n) is 7.40. The van der Waals surface area contributed by atoms with Gasteiger partial charge in [0.25, 0.3) is 0 Å². The number of nitrogens with zero attached hydrogens (tertiary/aromatic N) is 7. The molecule has 0 unspecified atom stereocenters. The summed E-state index contributed by atoms with van der Waals surface area (Å²) in [7, 11) is 4.21. The van der Waals surface area contributed by atoms with Crippen LogP contribution in [0.1, 0.15) is 16.9 Å². The minimum Gasteiger partial charge on any atom is -0.340 e. The number of hydrogen-bond acceptors (Lipinski definition) is 8. The monoisotopic (exact) mass is 504 g/mol. The average molecular weight is 505 g/mol. The molecule has 10 heteroatoms. The van der Waals surface area contributed by atoms with Gasteiger partial charge in [-0.2, -0.15) is 5.10 Å². The van der Waals surface area contributed by atoms with E-state index < -0.39 is 0 Å². The molecule has 0 aromatic carbocycles. The summed E-state index contributed by atoms with van der Waals surface area (Å²) in [6.45, 7) is 5.74. The lowest BCUT2D eigenvalue weighted by Gasteiger charge is -2.37. The Hall–Kier alpha value is -3.08. The predicted molar refractivity (Wildman–Crippen MR) is 143 cm³/mol. The first-order valence-electron chi connectivity index (χ1n) is 12.7. The summed E-state index contributed by atoms with van der Waals surface area (Å²) in [5.41, 5.74) is 3.30. The molecule has 1 amide bonds. The Kier molecular flexibility index (Phi) is 6.32. The molecule has 0 radical (unpaired) electrons. The van der Waals surface area contributed by atoms with E-state index in [1.807, 2.05) is 22.8 Å². The molecule has 1 N–H and O–H groups in total. The molecule has 1 atom stereocenters. The number of carbonyl (C=O) groups excluding carboxylic acids is 1. The molecule has 9 nitrogen and oxygen atoms in total. The smallest absolute Gasteiger partial charge is 0.226 e. The molecule has 1 aliphatic carbocycles. The summed E-state index contributed by atoms with van der Waals surface area (Å²) < 4.78 is 1.84. The van der Waals surface area contributed by atoms with Crippen LogP contribution in [-0.4, -0.2) is 93.6 Å². The highest BCUT2D eigenvalue weighted by Gasteiger charge is 2.32. The number of likely N-dealkylation sites (N-methyl/N-ethyl adjacent to an activating group) is 1. The quantitative estimate of drug-likeness (QED) is 0.432. The number of amides is 1. The molecule has 1 fully saturated rings. The number of thiophene rings is 1. The Morgan fingerprint density at radius 1 is 1.19 bits per heavy atom. The van der Waals surface area contributed by atoms with E-state index in [2.05, 4.69) is 55.2 Å². The van der Waals surface area contributed by atoms with Gasteiger partial charge in [0.2, 0.25) is 5.91 Å². The van der Waals surface area contributed by atoms with Crippen LogP contribution in [-0.2, 0) is 17.6 Å². The lowest BCUT2D eigenvalue weighted by molar-refractivity contribution is -0.137. The van der Waals surface area contributed by atoms with E-state index in [0.717, 1.165) is 85.8 Å². The molecule has 1 saturated heterocycles. The van der Waals surface area contributed by atoms with Crippen LogP contribution >= 0.6 is 11.3 Å². The molecule has 4 aromatic rings. The molecule has 0 saturated carbocycles. The van der Waals surface area contributed by atoms with E-state index in [1.54, 1.807) is 23.9 Å². The van der Waals surface area contributed by atoms with Crippen molar-refractivity contribution in [2.24, 2.45) is 5.92 Å². The zero-order valence-electron chi connectivity index (χ0n) is 20.9. The Balaban J connectivity index is 1.16. The van der Waals surface area contributed by atoms with Crippen LogP contribution < -0.4 is 5.32 Å². The zero-order valence-corrected chi connectivity index (χ0v) is 21.7. The van der Waals surface area contributed by atoms with E-state index in [-0.39, 0.29) is 5.92 Å². The molecule has 6 rings (SSSR count). The molecule has 36 heavy (non-hydrogen) atoms. The van der Waals surface area contributed by atoms with Crippen LogP contribution in [0.25, 0.3) is 15.7 Å². The number of pyridine rings is 1. The van der Waals surface area contributed by atoms with Gasteiger partial charge >= 0.3 is 0 Å². The fourth-order valence-electron chi connectivity index (χ4n) is 5.34. The molecule has 4 aromatic heterocycles. The Bertz CT molecular complexity index is 1390. The highest BCUT2D eigenvalue weighted by molar-refractivity contribution is 7.19. The Morgan fingerprint density at radius 3 is 2.89 bits per heavy atom. The molecule has 2 aliphatic rings. The van der Waals surface area contributed by atoms with E-state index in [1.165, 1.54) is 10.4 Å². The molecule has 0 spiro atoms. The summed E-state index contributed by atoms with van der Waals surface area (Å²) in [4.78, 5) is 31.6. The van der Waals surface area contributed by atoms with Crippen LogP contribution in [0.5, 0.6) is 0 Å². The maximum absolute atomic E-state index is 13.4. The van der Waals surface area contributed by atoms with Gasteiger partial charge in [-0.3, -0.25) is 9.69 Å². The maximum atomic E-state index is 13.4. The van der Waals surface area contributed by atoms with Crippen LogP contribution in [0.3, 0.4) is 0 Å². The summed E-state index contributed by atoms with van der Waals surface area (Å²) in [6.07, 6.45) is 7.93. The highest BCUT2D eigenvalue weighted by Crippen LogP contribution is 2.40. The van der Waals surface area contributed by atoms with Crippen molar-refractivity contribution >= 4 is 44.5 Å². The second-order valence-electron chi connectivity index (χ2n) is 10.1. The van der Waals surface area contributed by atoms with Gasteiger partial charge in [0, 0.05) is 68.1 Å². The lowest BCUT2D eigenvalue weighted by Crippen LogP contribution is -2.51. The zero-order chi connectivity index (χ0) is 24.6. The van der Waals surface area contributed by atoms with Crippen molar-refractivity contribution in [3.05, 3.63) is 47.4 Å². The number of aryl methyl sites for hydroxylation is 1. The molecular weight excluding hydrogens is 472 g/mol. The molecule has 0 bridgehead atoms. The maximum Gasteiger partial charge on any atom is 0.226 e. The van der Waals surface area contributed by atoms with Gasteiger partial charge < -0.3 is 15.1 Å². The third kappa shape index (κ3) is 4.56. The summed E-state index contributed by atoms with van der Waals surface area (Å²) in [6, 6.07) is 6.05. The van der Waals surface area contributed by atoms with Crippen molar-refractivity contribution < 1.29 is 4.79 Å². The number of carbonyl (C=O) groups is 1. The van der Waals surface area contributed by atoms with Crippen LogP contribution in [0.2, 0.25) is 0 Å². The number of aromatic nitrogens is 4. The fourth-order valence-corrected chi connectivity index (χ4v) is 6.61. The normalized spacial score (nSPS) is 18.8. The summed E-state index contributed by atoms with van der Waals surface area (Å²) in [5.74, 6) is 1.22. The third-order valence-corrected chi connectivity index (χ3v) is 8.57.